The molecule has 0 aromatic heterocycles. The van der Waals surface area contributed by atoms with Crippen LogP contribution in [0.2, 0.25) is 0 Å². The summed E-state index contributed by atoms with van der Waals surface area (Å²) in [7, 11) is 0. The molecule has 0 spiro atoms. The number of anilines is 1. The zero-order valence-electron chi connectivity index (χ0n) is 15.0. The van der Waals surface area contributed by atoms with Gasteiger partial charge in [0.2, 0.25) is 5.91 Å². The Morgan fingerprint density at radius 2 is 1.62 bits per heavy atom. The van der Waals surface area contributed by atoms with Crippen LogP contribution < -0.4 is 9.64 Å². The van der Waals surface area contributed by atoms with Crippen LogP contribution >= 0.6 is 0 Å². The molecule has 1 heterocycles. The van der Waals surface area contributed by atoms with E-state index in [1.54, 1.807) is 0 Å². The van der Waals surface area contributed by atoms with Gasteiger partial charge in [-0.15, -0.1) is 0 Å². The number of nitrogens with zero attached hydrogens (tertiary/aromatic N) is 2. The van der Waals surface area contributed by atoms with Gasteiger partial charge in [0.15, 0.2) is 0 Å². The van der Waals surface area contributed by atoms with Gasteiger partial charge in [-0.25, -0.2) is 0 Å². The van der Waals surface area contributed by atoms with Crippen molar-refractivity contribution in [3.63, 3.8) is 0 Å². The van der Waals surface area contributed by atoms with Crippen LogP contribution in [-0.4, -0.2) is 43.1 Å². The first kappa shape index (κ1) is 17.1. The maximum absolute atomic E-state index is 12.6. The van der Waals surface area contributed by atoms with E-state index in [2.05, 4.69) is 21.9 Å². The maximum atomic E-state index is 12.6. The Kier molecular flexibility index (Phi) is 5.64. The maximum Gasteiger partial charge on any atom is 0.225 e. The van der Waals surface area contributed by atoms with E-state index < -0.39 is 0 Å². The minimum Gasteiger partial charge on any atom is -0.491 e. The number of carbonyl (C=O) groups excluding carboxylic acids is 1. The van der Waals surface area contributed by atoms with Crippen LogP contribution in [0.25, 0.3) is 0 Å². The first-order valence-electron chi connectivity index (χ1n) is 9.44. The first-order chi connectivity index (χ1) is 11.6. The molecule has 132 valence electrons. The van der Waals surface area contributed by atoms with Crippen LogP contribution in [-0.2, 0) is 4.79 Å². The summed E-state index contributed by atoms with van der Waals surface area (Å²) in [4.78, 5) is 17.1. The Balaban J connectivity index is 1.52. The van der Waals surface area contributed by atoms with E-state index in [0.29, 0.717) is 5.91 Å². The second-order valence-electron chi connectivity index (χ2n) is 7.31. The number of hydrogen-bond donors (Lipinski definition) is 0. The van der Waals surface area contributed by atoms with E-state index in [1.807, 2.05) is 26.0 Å². The van der Waals surface area contributed by atoms with E-state index >= 15 is 0 Å². The van der Waals surface area contributed by atoms with Crippen molar-refractivity contribution in [2.75, 3.05) is 31.1 Å². The topological polar surface area (TPSA) is 32.8 Å². The van der Waals surface area contributed by atoms with Crippen LogP contribution in [0.3, 0.4) is 0 Å². The molecule has 3 rings (SSSR count). The lowest BCUT2D eigenvalue weighted by atomic mass is 9.88. The Bertz CT molecular complexity index is 527. The Labute approximate surface area is 145 Å². The summed E-state index contributed by atoms with van der Waals surface area (Å²) in [6.45, 7) is 7.61. The van der Waals surface area contributed by atoms with Gasteiger partial charge in [-0.2, -0.15) is 0 Å². The molecule has 1 aliphatic heterocycles. The minimum absolute atomic E-state index is 0.199. The monoisotopic (exact) mass is 330 g/mol. The van der Waals surface area contributed by atoms with Crippen LogP contribution in [0, 0.1) is 5.92 Å². The summed E-state index contributed by atoms with van der Waals surface area (Å²) in [5.74, 6) is 1.60. The second kappa shape index (κ2) is 7.91. The third kappa shape index (κ3) is 4.22. The standard InChI is InChI=1S/C20H30N2O2/c1-16(2)24-19-10-8-18(9-11-19)21-12-14-22(15-13-21)20(23)17-6-4-3-5-7-17/h8-11,16-17H,3-7,12-15H2,1-2H3. The fourth-order valence-electron chi connectivity index (χ4n) is 3.80. The van der Waals surface area contributed by atoms with Crippen LogP contribution in [0.1, 0.15) is 46.0 Å². The van der Waals surface area contributed by atoms with Crippen LogP contribution in [0.15, 0.2) is 24.3 Å². The predicted molar refractivity (Wildman–Crippen MR) is 97.6 cm³/mol. The molecule has 1 aliphatic carbocycles. The van der Waals surface area contributed by atoms with E-state index in [9.17, 15) is 4.79 Å². The van der Waals surface area contributed by atoms with Gasteiger partial charge in [-0.3, -0.25) is 4.79 Å². The summed E-state index contributed by atoms with van der Waals surface area (Å²) in [6, 6.07) is 8.32. The molecule has 1 amide bonds. The van der Waals surface area contributed by atoms with Crippen molar-refractivity contribution in [2.45, 2.75) is 52.1 Å². The highest BCUT2D eigenvalue weighted by atomic mass is 16.5. The fraction of sp³-hybridized carbons (Fsp3) is 0.650. The Hall–Kier alpha value is -1.71. The van der Waals surface area contributed by atoms with Gasteiger partial charge in [0, 0.05) is 37.8 Å². The highest BCUT2D eigenvalue weighted by molar-refractivity contribution is 5.79. The summed E-state index contributed by atoms with van der Waals surface area (Å²) >= 11 is 0. The molecule has 1 saturated heterocycles. The number of hydrogen-bond acceptors (Lipinski definition) is 3. The van der Waals surface area contributed by atoms with Gasteiger partial charge in [-0.1, -0.05) is 19.3 Å². The quantitative estimate of drug-likeness (QED) is 0.844. The molecule has 2 fully saturated rings. The zero-order valence-corrected chi connectivity index (χ0v) is 15.0. The summed E-state index contributed by atoms with van der Waals surface area (Å²) in [5, 5.41) is 0. The van der Waals surface area contributed by atoms with Crippen molar-refractivity contribution in [2.24, 2.45) is 5.92 Å². The molecule has 1 saturated carbocycles. The number of benzene rings is 1. The van der Waals surface area contributed by atoms with Crippen molar-refractivity contribution in [3.8, 4) is 5.75 Å². The molecular formula is C20H30N2O2. The minimum atomic E-state index is 0.199. The molecule has 2 aliphatic rings. The third-order valence-electron chi connectivity index (χ3n) is 5.12. The highest BCUT2D eigenvalue weighted by Gasteiger charge is 2.28. The van der Waals surface area contributed by atoms with Gasteiger partial charge >= 0.3 is 0 Å². The predicted octanol–water partition coefficient (Wildman–Crippen LogP) is 3.70. The van der Waals surface area contributed by atoms with Gasteiger partial charge in [0.1, 0.15) is 5.75 Å². The molecule has 0 unspecified atom stereocenters. The molecular weight excluding hydrogens is 300 g/mol. The Morgan fingerprint density at radius 3 is 2.21 bits per heavy atom. The van der Waals surface area contributed by atoms with Crippen molar-refractivity contribution in [1.82, 2.24) is 4.90 Å². The second-order valence-corrected chi connectivity index (χ2v) is 7.31. The number of piperazine rings is 1. The van der Waals surface area contributed by atoms with E-state index in [1.165, 1.54) is 24.9 Å². The molecule has 1 aromatic rings. The van der Waals surface area contributed by atoms with E-state index in [-0.39, 0.29) is 12.0 Å². The SMILES string of the molecule is CC(C)Oc1ccc(N2CCN(C(=O)C3CCCCC3)CC2)cc1. The zero-order chi connectivity index (χ0) is 16.9. The summed E-state index contributed by atoms with van der Waals surface area (Å²) in [5.41, 5.74) is 1.22. The molecule has 24 heavy (non-hydrogen) atoms. The third-order valence-corrected chi connectivity index (χ3v) is 5.12. The summed E-state index contributed by atoms with van der Waals surface area (Å²) in [6.07, 6.45) is 6.13. The number of amides is 1. The smallest absolute Gasteiger partial charge is 0.225 e. The lowest BCUT2D eigenvalue weighted by molar-refractivity contribution is -0.136. The molecule has 1 aromatic carbocycles. The number of ether oxygens (including phenoxy) is 1. The van der Waals surface area contributed by atoms with Crippen molar-refractivity contribution < 1.29 is 9.53 Å². The molecule has 0 bridgehead atoms. The number of carbonyl (C=O) groups is 1. The van der Waals surface area contributed by atoms with E-state index in [0.717, 1.165) is 44.8 Å². The van der Waals surface area contributed by atoms with Gasteiger partial charge in [0.05, 0.1) is 6.10 Å². The van der Waals surface area contributed by atoms with Crippen LogP contribution in [0.4, 0.5) is 5.69 Å². The average molecular weight is 330 g/mol. The molecule has 4 nitrogen and oxygen atoms in total. The molecule has 4 heteroatoms. The molecule has 0 atom stereocenters. The normalized spacial score (nSPS) is 19.6. The molecule has 0 N–H and O–H groups in total. The largest absolute Gasteiger partial charge is 0.491 e. The highest BCUT2D eigenvalue weighted by Crippen LogP contribution is 2.27. The summed E-state index contributed by atoms with van der Waals surface area (Å²) < 4.78 is 5.70. The first-order valence-corrected chi connectivity index (χ1v) is 9.44. The van der Waals surface area contributed by atoms with Crippen LogP contribution in [0.5, 0.6) is 5.75 Å². The van der Waals surface area contributed by atoms with Crippen molar-refractivity contribution in [3.05, 3.63) is 24.3 Å². The van der Waals surface area contributed by atoms with Crippen molar-refractivity contribution >= 4 is 11.6 Å². The van der Waals surface area contributed by atoms with E-state index in [4.69, 9.17) is 4.74 Å². The van der Waals surface area contributed by atoms with Gasteiger partial charge < -0.3 is 14.5 Å². The average Bonchev–Trinajstić information content (AvgIpc) is 2.62. The van der Waals surface area contributed by atoms with Gasteiger partial charge in [0.25, 0.3) is 0 Å². The lowest BCUT2D eigenvalue weighted by Gasteiger charge is -2.38. The number of rotatable bonds is 4. The lowest BCUT2D eigenvalue weighted by Crippen LogP contribution is -2.50. The molecule has 0 radical (unpaired) electrons. The fourth-order valence-corrected chi connectivity index (χ4v) is 3.80. The van der Waals surface area contributed by atoms with Crippen molar-refractivity contribution in [1.29, 1.82) is 0 Å². The van der Waals surface area contributed by atoms with Gasteiger partial charge in [-0.05, 0) is 51.0 Å². The Morgan fingerprint density at radius 1 is 1.00 bits per heavy atom.